The van der Waals surface area contributed by atoms with E-state index >= 15 is 0 Å². The summed E-state index contributed by atoms with van der Waals surface area (Å²) < 4.78 is 37.8. The number of hydrogen-bond donors (Lipinski definition) is 0. The quantitative estimate of drug-likeness (QED) is 0.490. The van der Waals surface area contributed by atoms with Crippen LogP contribution < -0.4 is 4.90 Å². The van der Waals surface area contributed by atoms with Gasteiger partial charge in [0, 0.05) is 44.4 Å². The molecule has 1 atom stereocenters. The molecule has 34 heavy (non-hydrogen) atoms. The number of halogens is 2. The van der Waals surface area contributed by atoms with Crippen LogP contribution >= 0.6 is 0 Å². The molecule has 178 valence electrons. The molecule has 7 nitrogen and oxygen atoms in total. The second-order valence-electron chi connectivity index (χ2n) is 8.02. The zero-order valence-electron chi connectivity index (χ0n) is 18.7. The lowest BCUT2D eigenvalue weighted by Crippen LogP contribution is -2.51. The van der Waals surface area contributed by atoms with Crippen molar-refractivity contribution in [2.75, 3.05) is 31.1 Å². The number of carbonyl (C=O) groups excluding carboxylic acids is 2. The molecule has 2 aromatic carbocycles. The number of nitrogens with zero attached hydrogens (tertiary/aromatic N) is 3. The van der Waals surface area contributed by atoms with E-state index in [-0.39, 0.29) is 36.0 Å². The van der Waals surface area contributed by atoms with E-state index in [2.05, 4.69) is 9.88 Å². The zero-order chi connectivity index (χ0) is 24.1. The fourth-order valence-electron chi connectivity index (χ4n) is 3.84. The van der Waals surface area contributed by atoms with Gasteiger partial charge in [0.2, 0.25) is 0 Å². The van der Waals surface area contributed by atoms with E-state index in [0.717, 1.165) is 17.8 Å². The molecule has 1 fully saturated rings. The molecule has 2 heterocycles. The zero-order valence-corrected chi connectivity index (χ0v) is 18.7. The van der Waals surface area contributed by atoms with Crippen molar-refractivity contribution in [2.24, 2.45) is 0 Å². The molecular formula is C25H25F2N3O4. The Balaban J connectivity index is 1.23. The Morgan fingerprint density at radius 1 is 1.09 bits per heavy atom. The standard InChI is InChI=1S/C25H25F2N3O4/c1-17(25(32)30-13-11-29(12-14-30)19-5-3-2-4-6-19)33-24(31)10-9-23-28-16-22(34-23)20-8-7-18(26)15-21(20)27/h2-8,15-17H,9-14H2,1H3. The van der Waals surface area contributed by atoms with Crippen molar-refractivity contribution in [3.8, 4) is 11.3 Å². The monoisotopic (exact) mass is 469 g/mol. The largest absolute Gasteiger partial charge is 0.453 e. The molecule has 0 N–H and O–H groups in total. The molecule has 1 aromatic heterocycles. The van der Waals surface area contributed by atoms with Crippen molar-refractivity contribution in [1.29, 1.82) is 0 Å². The van der Waals surface area contributed by atoms with Crippen LogP contribution in [-0.2, 0) is 20.7 Å². The van der Waals surface area contributed by atoms with Crippen LogP contribution in [0, 0.1) is 11.6 Å². The average molecular weight is 469 g/mol. The first-order chi connectivity index (χ1) is 16.4. The van der Waals surface area contributed by atoms with Gasteiger partial charge in [-0.05, 0) is 31.2 Å². The molecule has 0 aliphatic carbocycles. The second-order valence-corrected chi connectivity index (χ2v) is 8.02. The number of piperazine rings is 1. The summed E-state index contributed by atoms with van der Waals surface area (Å²) in [6.45, 7) is 4.07. The summed E-state index contributed by atoms with van der Waals surface area (Å²) in [4.78, 5) is 32.9. The van der Waals surface area contributed by atoms with Gasteiger partial charge in [-0.25, -0.2) is 13.8 Å². The SMILES string of the molecule is CC(OC(=O)CCc1ncc(-c2ccc(F)cc2F)o1)C(=O)N1CCN(c2ccccc2)CC1. The lowest BCUT2D eigenvalue weighted by atomic mass is 10.2. The van der Waals surface area contributed by atoms with Crippen LogP contribution in [0.15, 0.2) is 59.1 Å². The first-order valence-electron chi connectivity index (χ1n) is 11.1. The Kier molecular flexibility index (Phi) is 7.20. The molecule has 1 unspecified atom stereocenters. The molecule has 3 aromatic rings. The van der Waals surface area contributed by atoms with Crippen molar-refractivity contribution < 1.29 is 27.5 Å². The summed E-state index contributed by atoms with van der Waals surface area (Å²) in [7, 11) is 0. The number of rotatable bonds is 7. The van der Waals surface area contributed by atoms with Gasteiger partial charge in [0.1, 0.15) is 11.6 Å². The van der Waals surface area contributed by atoms with E-state index in [0.29, 0.717) is 26.2 Å². The predicted molar refractivity (Wildman–Crippen MR) is 121 cm³/mol. The second kappa shape index (κ2) is 10.5. The number of para-hydroxylation sites is 1. The van der Waals surface area contributed by atoms with Crippen molar-refractivity contribution in [2.45, 2.75) is 25.9 Å². The predicted octanol–water partition coefficient (Wildman–Crippen LogP) is 3.83. The maximum Gasteiger partial charge on any atom is 0.307 e. The number of esters is 1. The van der Waals surface area contributed by atoms with Gasteiger partial charge in [-0.15, -0.1) is 0 Å². The smallest absolute Gasteiger partial charge is 0.307 e. The van der Waals surface area contributed by atoms with Gasteiger partial charge in [-0.2, -0.15) is 0 Å². The van der Waals surface area contributed by atoms with Crippen LogP contribution in [-0.4, -0.2) is 54.0 Å². The Morgan fingerprint density at radius 3 is 2.53 bits per heavy atom. The number of aromatic nitrogens is 1. The lowest BCUT2D eigenvalue weighted by molar-refractivity contribution is -0.159. The van der Waals surface area contributed by atoms with Crippen molar-refractivity contribution >= 4 is 17.6 Å². The van der Waals surface area contributed by atoms with Gasteiger partial charge >= 0.3 is 5.97 Å². The number of amides is 1. The molecule has 1 aliphatic rings. The molecule has 1 aliphatic heterocycles. The molecule has 1 amide bonds. The summed E-state index contributed by atoms with van der Waals surface area (Å²) in [6, 6.07) is 13.1. The molecule has 9 heteroatoms. The minimum absolute atomic E-state index is 0.0503. The van der Waals surface area contributed by atoms with Gasteiger partial charge in [0.15, 0.2) is 17.8 Å². The van der Waals surface area contributed by atoms with Crippen LogP contribution in [0.25, 0.3) is 11.3 Å². The van der Waals surface area contributed by atoms with E-state index in [4.69, 9.17) is 9.15 Å². The van der Waals surface area contributed by atoms with Gasteiger partial charge in [-0.3, -0.25) is 9.59 Å². The number of carbonyl (C=O) groups is 2. The summed E-state index contributed by atoms with van der Waals surface area (Å²) >= 11 is 0. The van der Waals surface area contributed by atoms with E-state index < -0.39 is 23.7 Å². The Hall–Kier alpha value is -3.75. The third-order valence-corrected chi connectivity index (χ3v) is 5.66. The first-order valence-corrected chi connectivity index (χ1v) is 11.1. The van der Waals surface area contributed by atoms with Crippen molar-refractivity contribution in [1.82, 2.24) is 9.88 Å². The van der Waals surface area contributed by atoms with Crippen molar-refractivity contribution in [3.05, 3.63) is 72.3 Å². The van der Waals surface area contributed by atoms with Crippen LogP contribution in [0.1, 0.15) is 19.2 Å². The van der Waals surface area contributed by atoms with Gasteiger partial charge in [-0.1, -0.05) is 18.2 Å². The van der Waals surface area contributed by atoms with Crippen LogP contribution in [0.2, 0.25) is 0 Å². The van der Waals surface area contributed by atoms with E-state index in [1.54, 1.807) is 11.8 Å². The Labute approximate surface area is 195 Å². The number of oxazole rings is 1. The van der Waals surface area contributed by atoms with Gasteiger partial charge in [0.05, 0.1) is 18.2 Å². The van der Waals surface area contributed by atoms with Crippen LogP contribution in [0.5, 0.6) is 0 Å². The highest BCUT2D eigenvalue weighted by molar-refractivity contribution is 5.83. The van der Waals surface area contributed by atoms with E-state index in [1.165, 1.54) is 12.3 Å². The molecule has 0 bridgehead atoms. The molecular weight excluding hydrogens is 444 g/mol. The molecule has 0 radical (unpaired) electrons. The average Bonchev–Trinajstić information content (AvgIpc) is 3.31. The number of hydrogen-bond acceptors (Lipinski definition) is 6. The summed E-state index contributed by atoms with van der Waals surface area (Å²) in [5.74, 6) is -1.89. The minimum Gasteiger partial charge on any atom is -0.453 e. The van der Waals surface area contributed by atoms with Crippen LogP contribution in [0.3, 0.4) is 0 Å². The third-order valence-electron chi connectivity index (χ3n) is 5.66. The molecule has 0 spiro atoms. The van der Waals surface area contributed by atoms with Crippen molar-refractivity contribution in [3.63, 3.8) is 0 Å². The number of ether oxygens (including phenoxy) is 1. The lowest BCUT2D eigenvalue weighted by Gasteiger charge is -2.37. The maximum absolute atomic E-state index is 13.9. The Bertz CT molecular complexity index is 1140. The fraction of sp³-hybridized carbons (Fsp3) is 0.320. The summed E-state index contributed by atoms with van der Waals surface area (Å²) in [5.41, 5.74) is 1.19. The molecule has 0 saturated carbocycles. The van der Waals surface area contributed by atoms with Gasteiger partial charge in [0.25, 0.3) is 5.91 Å². The third kappa shape index (κ3) is 5.59. The minimum atomic E-state index is -0.899. The van der Waals surface area contributed by atoms with E-state index in [9.17, 15) is 18.4 Å². The number of aryl methyl sites for hydroxylation is 1. The summed E-state index contributed by atoms with van der Waals surface area (Å²) in [6.07, 6.45) is 0.492. The Morgan fingerprint density at radius 2 is 1.82 bits per heavy atom. The van der Waals surface area contributed by atoms with E-state index in [1.807, 2.05) is 30.3 Å². The molecule has 1 saturated heterocycles. The number of anilines is 1. The number of benzene rings is 2. The van der Waals surface area contributed by atoms with Gasteiger partial charge < -0.3 is 19.0 Å². The molecule has 4 rings (SSSR count). The highest BCUT2D eigenvalue weighted by Gasteiger charge is 2.27. The van der Waals surface area contributed by atoms with Crippen LogP contribution in [0.4, 0.5) is 14.5 Å². The fourth-order valence-corrected chi connectivity index (χ4v) is 3.84. The maximum atomic E-state index is 13.9. The topological polar surface area (TPSA) is 75.9 Å². The normalized spacial score (nSPS) is 14.7. The first kappa shape index (κ1) is 23.4. The highest BCUT2D eigenvalue weighted by atomic mass is 19.1. The highest BCUT2D eigenvalue weighted by Crippen LogP contribution is 2.24. The summed E-state index contributed by atoms with van der Waals surface area (Å²) in [5, 5.41) is 0.